The molecule has 0 spiro atoms. The molecular formula is C106H107N3. The Bertz CT molecular complexity index is 5130. The molecule has 16 rings (SSSR count). The van der Waals surface area contributed by atoms with Crippen LogP contribution in [0.15, 0.2) is 309 Å². The lowest BCUT2D eigenvalue weighted by molar-refractivity contribution is 0.401. The molecule has 0 bridgehead atoms. The van der Waals surface area contributed by atoms with Crippen LogP contribution in [0, 0.1) is 0 Å². The lowest BCUT2D eigenvalue weighted by Gasteiger charge is -2.34. The van der Waals surface area contributed by atoms with Crippen LogP contribution in [0.3, 0.4) is 0 Å². The van der Waals surface area contributed by atoms with Gasteiger partial charge in [0.1, 0.15) is 0 Å². The summed E-state index contributed by atoms with van der Waals surface area (Å²) in [7, 11) is 0. The number of unbranched alkanes of at least 4 members (excludes halogenated alkanes) is 12. The molecule has 0 fully saturated rings. The third-order valence-corrected chi connectivity index (χ3v) is 24.5. The number of nitrogens with zero attached hydrogens (tertiary/aromatic N) is 3. The summed E-state index contributed by atoms with van der Waals surface area (Å²) in [4.78, 5) is 7.31. The van der Waals surface area contributed by atoms with Crippen LogP contribution in [-0.4, -0.2) is 0 Å². The van der Waals surface area contributed by atoms with Gasteiger partial charge >= 0.3 is 0 Å². The Morgan fingerprint density at radius 2 is 0.468 bits per heavy atom. The molecule has 13 aromatic rings. The van der Waals surface area contributed by atoms with Gasteiger partial charge in [-0.05, 0) is 266 Å². The molecule has 0 N–H and O–H groups in total. The van der Waals surface area contributed by atoms with E-state index in [0.717, 1.165) is 65.5 Å². The molecule has 0 saturated heterocycles. The normalized spacial score (nSPS) is 13.2. The van der Waals surface area contributed by atoms with Crippen molar-refractivity contribution in [1.82, 2.24) is 0 Å². The van der Waals surface area contributed by atoms with E-state index in [4.69, 9.17) is 0 Å². The van der Waals surface area contributed by atoms with Gasteiger partial charge in [-0.3, -0.25) is 0 Å². The summed E-state index contributed by atoms with van der Waals surface area (Å²) in [5.41, 5.74) is 35.0. The highest BCUT2D eigenvalue weighted by Crippen LogP contribution is 2.59. The standard InChI is InChI=1S/C106H107N3/c1-5-9-13-29-68-105(69-30-14-10-6-2)101-74-85(80-50-59-93(60-51-80)108(90-39-25-19-26-40-90)95-43-33-34-82(73-95)84-47-45-78-44-46-83(78)72-84)54-64-97(101)98-65-55-86(75-102(98)105)81-52-61-94(62-53-81)109(91-41-27-20-28-42-91)96-63-67-100-99-66-56-87(76-103(99)106(104(100)77-96,70-31-15-11-7-3)71-32-16-12-8-4)79-48-57-92(58-49-79)107(88-35-21-17-22-36-88)89-37-23-18-24-38-89/h17-28,33-43,45,47-67,72-77H,5-16,29-32,44,46,68-71H2,1-4H3. The molecule has 0 atom stereocenters. The summed E-state index contributed by atoms with van der Waals surface area (Å²) in [6.07, 6.45) is 26.7. The SMILES string of the molecule is CCCCCCC1(CCCCCC)c2cc(-c3ccc(N(c4ccccc4)c4cccc(-c5ccc6c(c5)CC6)c4)cc3)ccc2-c2ccc(-c3ccc(N(c4ccccc4)c4ccc5c(c4)C(CCCCCC)(CCCCCC)c4cc(-c6ccc(N(c7ccccc7)c7ccccc7)cc6)ccc4-5)cc3)cc21. The number of anilines is 9. The van der Waals surface area contributed by atoms with Gasteiger partial charge in [-0.2, -0.15) is 0 Å². The van der Waals surface area contributed by atoms with E-state index in [1.165, 1.54) is 227 Å². The lowest BCUT2D eigenvalue weighted by atomic mass is 9.70. The van der Waals surface area contributed by atoms with Crippen molar-refractivity contribution < 1.29 is 0 Å². The first-order valence-corrected chi connectivity index (χ1v) is 41.6. The molecule has 3 heteroatoms. The number of hydrogen-bond acceptors (Lipinski definition) is 3. The van der Waals surface area contributed by atoms with E-state index < -0.39 is 0 Å². The van der Waals surface area contributed by atoms with Gasteiger partial charge < -0.3 is 14.7 Å². The average Bonchev–Trinajstić information content (AvgIpc) is 1.57. The largest absolute Gasteiger partial charge is 0.311 e. The summed E-state index contributed by atoms with van der Waals surface area (Å²) in [5.74, 6) is 0. The van der Waals surface area contributed by atoms with Gasteiger partial charge in [0.05, 0.1) is 0 Å². The molecule has 0 saturated carbocycles. The van der Waals surface area contributed by atoms with Gasteiger partial charge in [0.15, 0.2) is 0 Å². The van der Waals surface area contributed by atoms with Crippen LogP contribution in [0.1, 0.15) is 189 Å². The maximum atomic E-state index is 2.63. The van der Waals surface area contributed by atoms with Crippen LogP contribution in [0.4, 0.5) is 51.2 Å². The van der Waals surface area contributed by atoms with Crippen LogP contribution in [0.25, 0.3) is 66.8 Å². The highest BCUT2D eigenvalue weighted by molar-refractivity contribution is 5.91. The number of aryl methyl sites for hydroxylation is 2. The predicted molar refractivity (Wildman–Crippen MR) is 467 cm³/mol. The van der Waals surface area contributed by atoms with Crippen molar-refractivity contribution in [1.29, 1.82) is 0 Å². The molecule has 0 aliphatic heterocycles. The minimum atomic E-state index is -0.133. The highest BCUT2D eigenvalue weighted by Gasteiger charge is 2.45. The smallest absolute Gasteiger partial charge is 0.0467 e. The van der Waals surface area contributed by atoms with Crippen molar-refractivity contribution >= 4 is 51.2 Å². The second kappa shape index (κ2) is 33.4. The van der Waals surface area contributed by atoms with E-state index in [1.807, 2.05) is 0 Å². The van der Waals surface area contributed by atoms with E-state index in [1.54, 1.807) is 0 Å². The van der Waals surface area contributed by atoms with Crippen LogP contribution in [-0.2, 0) is 23.7 Å². The summed E-state index contributed by atoms with van der Waals surface area (Å²) in [6, 6.07) is 118. The number of fused-ring (bicyclic) bond motifs is 7. The first-order valence-electron chi connectivity index (χ1n) is 41.6. The van der Waals surface area contributed by atoms with Gasteiger partial charge in [-0.25, -0.2) is 0 Å². The molecule has 13 aromatic carbocycles. The molecule has 3 aliphatic carbocycles. The zero-order chi connectivity index (χ0) is 73.9. The third-order valence-electron chi connectivity index (χ3n) is 24.5. The highest BCUT2D eigenvalue weighted by atomic mass is 15.2. The van der Waals surface area contributed by atoms with Gasteiger partial charge in [0.25, 0.3) is 0 Å². The van der Waals surface area contributed by atoms with Crippen LogP contribution < -0.4 is 14.7 Å². The van der Waals surface area contributed by atoms with Crippen molar-refractivity contribution in [3.63, 3.8) is 0 Å². The molecule has 0 radical (unpaired) electrons. The number of rotatable bonds is 33. The number of hydrogen-bond donors (Lipinski definition) is 0. The Morgan fingerprint density at radius 1 is 0.202 bits per heavy atom. The van der Waals surface area contributed by atoms with Crippen molar-refractivity contribution in [3.05, 3.63) is 343 Å². The summed E-state index contributed by atoms with van der Waals surface area (Å²) < 4.78 is 0. The average molecular weight is 1420 g/mol. The van der Waals surface area contributed by atoms with Crippen LogP contribution in [0.2, 0.25) is 0 Å². The molecule has 0 unspecified atom stereocenters. The number of para-hydroxylation sites is 4. The van der Waals surface area contributed by atoms with Crippen molar-refractivity contribution in [2.24, 2.45) is 0 Å². The second-order valence-corrected chi connectivity index (χ2v) is 31.4. The summed E-state index contributed by atoms with van der Waals surface area (Å²) in [5, 5.41) is 0. The third kappa shape index (κ3) is 14.9. The van der Waals surface area contributed by atoms with Gasteiger partial charge in [0, 0.05) is 62.0 Å². The maximum Gasteiger partial charge on any atom is 0.0467 e. The summed E-state index contributed by atoms with van der Waals surface area (Å²) >= 11 is 0. The fourth-order valence-electron chi connectivity index (χ4n) is 18.7. The molecule has 3 nitrogen and oxygen atoms in total. The Morgan fingerprint density at radius 3 is 0.807 bits per heavy atom. The Hall–Kier alpha value is -10.7. The maximum absolute atomic E-state index is 2.63. The van der Waals surface area contributed by atoms with Crippen LogP contribution in [0.5, 0.6) is 0 Å². The van der Waals surface area contributed by atoms with E-state index >= 15 is 0 Å². The predicted octanol–water partition coefficient (Wildman–Crippen LogP) is 31.3. The monoisotopic (exact) mass is 1420 g/mol. The molecule has 0 heterocycles. The molecule has 0 amide bonds. The Kier molecular flexibility index (Phi) is 22.2. The van der Waals surface area contributed by atoms with E-state index in [2.05, 4.69) is 352 Å². The topological polar surface area (TPSA) is 9.72 Å². The fourth-order valence-corrected chi connectivity index (χ4v) is 18.7. The van der Waals surface area contributed by atoms with E-state index in [-0.39, 0.29) is 10.8 Å². The van der Waals surface area contributed by atoms with E-state index in [0.29, 0.717) is 0 Å². The second-order valence-electron chi connectivity index (χ2n) is 31.4. The Balaban J connectivity index is 0.733. The van der Waals surface area contributed by atoms with Gasteiger partial charge in [0.2, 0.25) is 0 Å². The first-order chi connectivity index (χ1) is 53.8. The molecule has 0 aromatic heterocycles. The van der Waals surface area contributed by atoms with Crippen LogP contribution >= 0.6 is 0 Å². The lowest BCUT2D eigenvalue weighted by Crippen LogP contribution is -2.26. The molecule has 109 heavy (non-hydrogen) atoms. The molecular weight excluding hydrogens is 1320 g/mol. The van der Waals surface area contributed by atoms with Crippen molar-refractivity contribution in [2.45, 2.75) is 180 Å². The zero-order valence-corrected chi connectivity index (χ0v) is 64.8. The van der Waals surface area contributed by atoms with Gasteiger partial charge in [-0.15, -0.1) is 0 Å². The quantitative estimate of drug-likeness (QED) is 0.0380. The minimum Gasteiger partial charge on any atom is -0.311 e. The first kappa shape index (κ1) is 72.5. The fraction of sp³-hybridized carbons (Fsp3) is 0.264. The molecule has 3 aliphatic rings. The van der Waals surface area contributed by atoms with Crippen molar-refractivity contribution in [2.75, 3.05) is 14.7 Å². The minimum absolute atomic E-state index is 0.105. The zero-order valence-electron chi connectivity index (χ0n) is 64.8. The van der Waals surface area contributed by atoms with E-state index in [9.17, 15) is 0 Å². The summed E-state index contributed by atoms with van der Waals surface area (Å²) in [6.45, 7) is 9.40. The van der Waals surface area contributed by atoms with Crippen molar-refractivity contribution in [3.8, 4) is 66.8 Å². The van der Waals surface area contributed by atoms with Gasteiger partial charge in [-0.1, -0.05) is 312 Å². The Labute approximate surface area is 651 Å². The molecule has 546 valence electrons. The number of benzene rings is 13.